The molecule has 21 heavy (non-hydrogen) atoms. The van der Waals surface area contributed by atoms with Gasteiger partial charge >= 0.3 is 5.97 Å². The molecule has 1 aromatic carbocycles. The summed E-state index contributed by atoms with van der Waals surface area (Å²) in [5.74, 6) is -0.982. The zero-order valence-corrected chi connectivity index (χ0v) is 12.6. The minimum absolute atomic E-state index is 0.724. The molecule has 0 spiro atoms. The van der Waals surface area contributed by atoms with E-state index in [0.29, 0.717) is 0 Å². The minimum atomic E-state index is -0.982. The standard InChI is InChI=1S/C15H11ClN2O2S/c1-9-6-10(2-4-12(9)16)13-8-21-15-17-7-11(18(13)15)3-5-14(19)20/h2-8H,1H3,(H,19,20)/b5-3+. The minimum Gasteiger partial charge on any atom is -0.478 e. The lowest BCUT2D eigenvalue weighted by atomic mass is 10.1. The van der Waals surface area contributed by atoms with Gasteiger partial charge in [0.25, 0.3) is 0 Å². The van der Waals surface area contributed by atoms with E-state index in [1.54, 1.807) is 12.3 Å². The number of imidazole rings is 1. The van der Waals surface area contributed by atoms with E-state index < -0.39 is 5.97 Å². The number of hydrogen-bond acceptors (Lipinski definition) is 3. The summed E-state index contributed by atoms with van der Waals surface area (Å²) in [5.41, 5.74) is 3.72. The average Bonchev–Trinajstić information content (AvgIpc) is 3.01. The molecule has 6 heteroatoms. The molecule has 0 saturated heterocycles. The van der Waals surface area contributed by atoms with Gasteiger partial charge in [0.2, 0.25) is 0 Å². The second-order valence-electron chi connectivity index (χ2n) is 4.56. The first kappa shape index (κ1) is 13.9. The fourth-order valence-corrected chi connectivity index (χ4v) is 3.11. The second-order valence-corrected chi connectivity index (χ2v) is 5.80. The summed E-state index contributed by atoms with van der Waals surface area (Å²) in [6.45, 7) is 1.95. The molecule has 1 N–H and O–H groups in total. The van der Waals surface area contributed by atoms with E-state index in [4.69, 9.17) is 16.7 Å². The Balaban J connectivity index is 2.16. The highest BCUT2D eigenvalue weighted by molar-refractivity contribution is 7.15. The first-order valence-corrected chi connectivity index (χ1v) is 7.44. The van der Waals surface area contributed by atoms with Gasteiger partial charge in [0.05, 0.1) is 17.6 Å². The van der Waals surface area contributed by atoms with E-state index in [2.05, 4.69) is 4.98 Å². The molecule has 0 fully saturated rings. The Hall–Kier alpha value is -2.11. The summed E-state index contributed by atoms with van der Waals surface area (Å²) in [4.78, 5) is 15.8. The molecule has 2 aromatic heterocycles. The molecule has 0 radical (unpaired) electrons. The average molecular weight is 319 g/mol. The number of fused-ring (bicyclic) bond motifs is 1. The first-order chi connectivity index (χ1) is 10.1. The van der Waals surface area contributed by atoms with Gasteiger partial charge in [-0.1, -0.05) is 17.7 Å². The molecule has 3 aromatic rings. The van der Waals surface area contributed by atoms with Crippen LogP contribution in [0.3, 0.4) is 0 Å². The molecule has 0 aliphatic rings. The van der Waals surface area contributed by atoms with Crippen LogP contribution < -0.4 is 0 Å². The largest absolute Gasteiger partial charge is 0.478 e. The van der Waals surface area contributed by atoms with Gasteiger partial charge in [-0.3, -0.25) is 4.40 Å². The van der Waals surface area contributed by atoms with Crippen molar-refractivity contribution in [3.8, 4) is 11.3 Å². The number of carbonyl (C=O) groups is 1. The van der Waals surface area contributed by atoms with Crippen molar-refractivity contribution in [1.82, 2.24) is 9.38 Å². The highest BCUT2D eigenvalue weighted by Crippen LogP contribution is 2.30. The van der Waals surface area contributed by atoms with Crippen LogP contribution in [0, 0.1) is 6.92 Å². The maximum absolute atomic E-state index is 10.7. The van der Waals surface area contributed by atoms with Gasteiger partial charge in [-0.05, 0) is 36.3 Å². The summed E-state index contributed by atoms with van der Waals surface area (Å²) in [5, 5.41) is 11.5. The molecule has 0 atom stereocenters. The number of hydrogen-bond donors (Lipinski definition) is 1. The van der Waals surface area contributed by atoms with Crippen LogP contribution >= 0.6 is 22.9 Å². The summed E-state index contributed by atoms with van der Waals surface area (Å²) in [6.07, 6.45) is 4.32. The van der Waals surface area contributed by atoms with Crippen molar-refractivity contribution in [2.45, 2.75) is 6.92 Å². The van der Waals surface area contributed by atoms with E-state index >= 15 is 0 Å². The van der Waals surface area contributed by atoms with Gasteiger partial charge in [0, 0.05) is 16.5 Å². The number of thiazole rings is 1. The number of carboxylic acid groups (broad SMARTS) is 1. The van der Waals surface area contributed by atoms with Gasteiger partial charge in [0.15, 0.2) is 4.96 Å². The van der Waals surface area contributed by atoms with E-state index in [1.807, 2.05) is 34.9 Å². The van der Waals surface area contributed by atoms with Crippen molar-refractivity contribution < 1.29 is 9.90 Å². The third-order valence-electron chi connectivity index (χ3n) is 3.12. The van der Waals surface area contributed by atoms with Crippen LogP contribution in [0.4, 0.5) is 0 Å². The van der Waals surface area contributed by atoms with Gasteiger partial charge in [-0.25, -0.2) is 9.78 Å². The van der Waals surface area contributed by atoms with Crippen molar-refractivity contribution in [2.75, 3.05) is 0 Å². The monoisotopic (exact) mass is 318 g/mol. The number of aliphatic carboxylic acids is 1. The molecule has 4 nitrogen and oxygen atoms in total. The van der Waals surface area contributed by atoms with Crippen molar-refractivity contribution in [2.24, 2.45) is 0 Å². The Morgan fingerprint density at radius 2 is 2.29 bits per heavy atom. The van der Waals surface area contributed by atoms with E-state index in [9.17, 15) is 4.79 Å². The van der Waals surface area contributed by atoms with Crippen LogP contribution in [0.25, 0.3) is 22.3 Å². The predicted octanol–water partition coefficient (Wildman–Crippen LogP) is 4.12. The molecule has 0 bridgehead atoms. The molecule has 0 aliphatic heterocycles. The Morgan fingerprint density at radius 1 is 1.48 bits per heavy atom. The van der Waals surface area contributed by atoms with Crippen LogP contribution in [0.15, 0.2) is 35.9 Å². The smallest absolute Gasteiger partial charge is 0.328 e. The summed E-state index contributed by atoms with van der Waals surface area (Å²) >= 11 is 7.57. The Kier molecular flexibility index (Phi) is 3.53. The number of carboxylic acids is 1. The summed E-state index contributed by atoms with van der Waals surface area (Å²) in [6, 6.07) is 5.81. The lowest BCUT2D eigenvalue weighted by molar-refractivity contribution is -0.131. The third kappa shape index (κ3) is 2.57. The molecule has 0 aliphatic carbocycles. The second kappa shape index (κ2) is 5.35. The van der Waals surface area contributed by atoms with E-state index in [0.717, 1.165) is 38.6 Å². The molecule has 106 valence electrons. The number of aryl methyl sites for hydroxylation is 1. The van der Waals surface area contributed by atoms with Gasteiger partial charge < -0.3 is 5.11 Å². The normalized spacial score (nSPS) is 11.5. The maximum Gasteiger partial charge on any atom is 0.328 e. The lowest BCUT2D eigenvalue weighted by Crippen LogP contribution is -1.91. The van der Waals surface area contributed by atoms with Gasteiger partial charge in [0.1, 0.15) is 0 Å². The maximum atomic E-state index is 10.7. The van der Waals surface area contributed by atoms with Crippen LogP contribution in [-0.4, -0.2) is 20.5 Å². The first-order valence-electron chi connectivity index (χ1n) is 6.19. The quantitative estimate of drug-likeness (QED) is 0.739. The van der Waals surface area contributed by atoms with Crippen molar-refractivity contribution in [3.63, 3.8) is 0 Å². The van der Waals surface area contributed by atoms with Crippen LogP contribution in [0.5, 0.6) is 0 Å². The number of aromatic nitrogens is 2. The molecule has 0 amide bonds. The van der Waals surface area contributed by atoms with Crippen molar-refractivity contribution >= 4 is 39.9 Å². The summed E-state index contributed by atoms with van der Waals surface area (Å²) in [7, 11) is 0. The molecular weight excluding hydrogens is 308 g/mol. The Labute approximate surface area is 129 Å². The Bertz CT molecular complexity index is 864. The molecule has 0 unspecified atom stereocenters. The number of halogens is 1. The van der Waals surface area contributed by atoms with E-state index in [-0.39, 0.29) is 0 Å². The fraction of sp³-hybridized carbons (Fsp3) is 0.0667. The predicted molar refractivity (Wildman–Crippen MR) is 84.9 cm³/mol. The number of nitrogens with zero attached hydrogens (tertiary/aromatic N) is 2. The van der Waals surface area contributed by atoms with Crippen LogP contribution in [-0.2, 0) is 4.79 Å². The highest BCUT2D eigenvalue weighted by Gasteiger charge is 2.11. The van der Waals surface area contributed by atoms with Crippen molar-refractivity contribution in [1.29, 1.82) is 0 Å². The summed E-state index contributed by atoms with van der Waals surface area (Å²) < 4.78 is 1.94. The third-order valence-corrected chi connectivity index (χ3v) is 4.39. The topological polar surface area (TPSA) is 54.6 Å². The Morgan fingerprint density at radius 3 is 3.00 bits per heavy atom. The number of benzene rings is 1. The van der Waals surface area contributed by atoms with E-state index in [1.165, 1.54) is 11.3 Å². The zero-order valence-electron chi connectivity index (χ0n) is 11.1. The zero-order chi connectivity index (χ0) is 15.0. The molecule has 2 heterocycles. The van der Waals surface area contributed by atoms with Crippen LogP contribution in [0.1, 0.15) is 11.3 Å². The van der Waals surface area contributed by atoms with Crippen molar-refractivity contribution in [3.05, 3.63) is 52.1 Å². The molecule has 0 saturated carbocycles. The van der Waals surface area contributed by atoms with Gasteiger partial charge in [-0.15, -0.1) is 11.3 Å². The number of rotatable bonds is 3. The lowest BCUT2D eigenvalue weighted by Gasteiger charge is -2.04. The van der Waals surface area contributed by atoms with Crippen LogP contribution in [0.2, 0.25) is 5.02 Å². The highest BCUT2D eigenvalue weighted by atomic mass is 35.5. The SMILES string of the molecule is Cc1cc(-c2csc3ncc(/C=C/C(=O)O)n23)ccc1Cl. The fourth-order valence-electron chi connectivity index (χ4n) is 2.11. The van der Waals surface area contributed by atoms with Gasteiger partial charge in [-0.2, -0.15) is 0 Å². The molecule has 3 rings (SSSR count). The molecular formula is C15H11ClN2O2S.